The van der Waals surface area contributed by atoms with Gasteiger partial charge in [0.15, 0.2) is 0 Å². The molecular formula is C31H45ClN2O3S. The number of benzene rings is 2. The van der Waals surface area contributed by atoms with Crippen molar-refractivity contribution in [3.05, 3.63) is 70.8 Å². The lowest BCUT2D eigenvalue weighted by atomic mass is 9.98. The number of rotatable bonds is 19. The third-order valence-corrected chi connectivity index (χ3v) is 7.79. The first-order chi connectivity index (χ1) is 18.4. The number of allylic oxidation sites excluding steroid dienone is 2. The Hall–Kier alpha value is -2.15. The predicted octanol–water partition coefficient (Wildman–Crippen LogP) is 8.26. The summed E-state index contributed by atoms with van der Waals surface area (Å²) in [4.78, 5) is 14.2. The number of carbonyl (C=O) groups excluding carboxylic acids is 1. The second-order valence-corrected chi connectivity index (χ2v) is 11.0. The predicted molar refractivity (Wildman–Crippen MR) is 164 cm³/mol. The molecule has 0 saturated heterocycles. The molecule has 0 radical (unpaired) electrons. The van der Waals surface area contributed by atoms with Crippen LogP contribution in [0, 0.1) is 11.8 Å². The molecule has 1 amide bonds. The number of carbonyl (C=O) groups is 1. The topological polar surface area (TPSA) is 75.8 Å². The number of hydrogen-bond donors (Lipinski definition) is 2. The number of unbranched alkanes of at least 4 members (excludes halogenated alkanes) is 1. The molecule has 5 nitrogen and oxygen atoms in total. The third-order valence-electron chi connectivity index (χ3n) is 6.83. The molecule has 0 aliphatic carbocycles. The number of hydrogen-bond acceptors (Lipinski definition) is 5. The molecule has 0 spiro atoms. The number of nitrogens with zero attached hydrogens (tertiary/aromatic N) is 1. The molecule has 0 bridgehead atoms. The maximum Gasteiger partial charge on any atom is 0.248 e. The van der Waals surface area contributed by atoms with Crippen LogP contribution < -0.4 is 15.4 Å². The average Bonchev–Trinajstić information content (AvgIpc) is 2.90. The molecule has 2 aromatic carbocycles. The lowest BCUT2D eigenvalue weighted by Gasteiger charge is -2.30. The van der Waals surface area contributed by atoms with Gasteiger partial charge in [0, 0.05) is 29.4 Å². The molecule has 0 aliphatic heterocycles. The first-order valence-electron chi connectivity index (χ1n) is 13.8. The van der Waals surface area contributed by atoms with Crippen molar-refractivity contribution in [2.45, 2.75) is 65.7 Å². The smallest absolute Gasteiger partial charge is 0.248 e. The molecule has 0 saturated carbocycles. The summed E-state index contributed by atoms with van der Waals surface area (Å²) in [6.45, 7) is 8.84. The highest BCUT2D eigenvalue weighted by molar-refractivity contribution is 7.93. The Morgan fingerprint density at radius 1 is 1.18 bits per heavy atom. The van der Waals surface area contributed by atoms with E-state index in [9.17, 15) is 4.79 Å². The van der Waals surface area contributed by atoms with Gasteiger partial charge in [-0.3, -0.25) is 4.79 Å². The molecule has 7 heteroatoms. The highest BCUT2D eigenvalue weighted by atomic mass is 35.5. The molecule has 2 atom stereocenters. The van der Waals surface area contributed by atoms with Crippen molar-refractivity contribution in [3.63, 3.8) is 0 Å². The van der Waals surface area contributed by atoms with E-state index in [2.05, 4.69) is 43.9 Å². The van der Waals surface area contributed by atoms with Crippen LogP contribution in [0.15, 0.2) is 54.6 Å². The summed E-state index contributed by atoms with van der Waals surface area (Å²) < 4.78 is 15.2. The fourth-order valence-corrected chi connectivity index (χ4v) is 5.06. The first-order valence-corrected chi connectivity index (χ1v) is 15.2. The van der Waals surface area contributed by atoms with Crippen LogP contribution in [-0.2, 0) is 6.42 Å². The van der Waals surface area contributed by atoms with Crippen LogP contribution in [0.25, 0.3) is 0 Å². The summed E-state index contributed by atoms with van der Waals surface area (Å²) in [6, 6.07) is 13.5. The maximum atomic E-state index is 11.9. The number of anilines is 1. The van der Waals surface area contributed by atoms with Crippen molar-refractivity contribution >= 4 is 35.2 Å². The maximum absolute atomic E-state index is 11.9. The minimum atomic E-state index is -0.429. The minimum absolute atomic E-state index is 0.429. The van der Waals surface area contributed by atoms with Crippen molar-refractivity contribution in [1.82, 2.24) is 0 Å². The summed E-state index contributed by atoms with van der Waals surface area (Å²) in [6.07, 6.45) is 11.6. The normalized spacial score (nSPS) is 13.0. The van der Waals surface area contributed by atoms with E-state index in [0.29, 0.717) is 24.0 Å². The number of ether oxygens (including phenoxy) is 1. The summed E-state index contributed by atoms with van der Waals surface area (Å²) in [5.41, 5.74) is 8.28. The largest absolute Gasteiger partial charge is 0.491 e. The van der Waals surface area contributed by atoms with Gasteiger partial charge < -0.3 is 19.9 Å². The summed E-state index contributed by atoms with van der Waals surface area (Å²) in [5.74, 6) is 2.13. The zero-order valence-electron chi connectivity index (χ0n) is 23.2. The molecule has 0 unspecified atom stereocenters. The van der Waals surface area contributed by atoms with Gasteiger partial charge in [-0.1, -0.05) is 56.2 Å². The molecule has 0 heterocycles. The van der Waals surface area contributed by atoms with Crippen LogP contribution in [0.5, 0.6) is 5.75 Å². The lowest BCUT2D eigenvalue weighted by molar-refractivity contribution is 0.1000. The Labute approximate surface area is 239 Å². The van der Waals surface area contributed by atoms with E-state index in [1.54, 1.807) is 6.07 Å². The van der Waals surface area contributed by atoms with E-state index in [-0.39, 0.29) is 0 Å². The average molecular weight is 561 g/mol. The SMILES string of the molecule is CC[C@H](CC/C=C/C[C@H](C)CSO)CN(CC)c1cc(C(N)=O)ccc1OCCCCc1cccc(Cl)c1. The van der Waals surface area contributed by atoms with E-state index in [0.717, 1.165) is 92.3 Å². The van der Waals surface area contributed by atoms with Crippen molar-refractivity contribution in [2.75, 3.05) is 30.3 Å². The van der Waals surface area contributed by atoms with Gasteiger partial charge in [-0.2, -0.15) is 0 Å². The molecule has 2 aromatic rings. The minimum Gasteiger partial charge on any atom is -0.491 e. The zero-order valence-corrected chi connectivity index (χ0v) is 24.8. The molecule has 3 N–H and O–H groups in total. The van der Waals surface area contributed by atoms with Crippen LogP contribution in [0.4, 0.5) is 5.69 Å². The summed E-state index contributed by atoms with van der Waals surface area (Å²) >= 11 is 7.01. The monoisotopic (exact) mass is 560 g/mol. The van der Waals surface area contributed by atoms with Gasteiger partial charge in [-0.15, -0.1) is 0 Å². The van der Waals surface area contributed by atoms with Gasteiger partial charge in [0.25, 0.3) is 0 Å². The molecular weight excluding hydrogens is 516 g/mol. The molecule has 0 aromatic heterocycles. The fourth-order valence-electron chi connectivity index (χ4n) is 4.45. The summed E-state index contributed by atoms with van der Waals surface area (Å²) in [7, 11) is 0. The van der Waals surface area contributed by atoms with Crippen LogP contribution in [-0.4, -0.2) is 35.9 Å². The molecule has 0 aliphatic rings. The van der Waals surface area contributed by atoms with Crippen molar-refractivity contribution in [3.8, 4) is 5.75 Å². The molecule has 210 valence electrons. The van der Waals surface area contributed by atoms with Gasteiger partial charge in [-0.05, 0) is 105 Å². The van der Waals surface area contributed by atoms with Crippen LogP contribution in [0.3, 0.4) is 0 Å². The Morgan fingerprint density at radius 3 is 2.68 bits per heavy atom. The summed E-state index contributed by atoms with van der Waals surface area (Å²) in [5, 5.41) is 0.769. The number of aryl methyl sites for hydroxylation is 1. The Balaban J connectivity index is 1.98. The number of amides is 1. The van der Waals surface area contributed by atoms with E-state index in [1.807, 2.05) is 30.3 Å². The highest BCUT2D eigenvalue weighted by Crippen LogP contribution is 2.31. The Bertz CT molecular complexity index is 1000. The quantitative estimate of drug-likeness (QED) is 0.103. The molecule has 0 fully saturated rings. The van der Waals surface area contributed by atoms with Gasteiger partial charge in [-0.25, -0.2) is 0 Å². The molecule has 2 rings (SSSR count). The van der Waals surface area contributed by atoms with Gasteiger partial charge in [0.2, 0.25) is 5.91 Å². The van der Waals surface area contributed by atoms with Crippen molar-refractivity contribution < 1.29 is 14.1 Å². The Morgan fingerprint density at radius 2 is 2.00 bits per heavy atom. The number of primary amides is 1. The second kappa shape index (κ2) is 18.2. The van der Waals surface area contributed by atoms with E-state index in [4.69, 9.17) is 26.6 Å². The van der Waals surface area contributed by atoms with Gasteiger partial charge in [0.1, 0.15) is 5.75 Å². The first kappa shape index (κ1) is 32.1. The fraction of sp³-hybridized carbons (Fsp3) is 0.516. The van der Waals surface area contributed by atoms with Crippen molar-refractivity contribution in [2.24, 2.45) is 17.6 Å². The van der Waals surface area contributed by atoms with E-state index in [1.165, 1.54) is 5.56 Å². The standard InChI is InChI=1S/C31H45ClN2O3S/c1-4-25(13-8-6-7-12-24(3)23-38-36)22-34(5-2)29-21-27(31(33)35)17-18-30(29)37-19-10-9-14-26-15-11-16-28(32)20-26/h6-7,11,15-18,20-21,24-25,36H,4-5,8-10,12-14,19,22-23H2,1-3H3,(H2,33,35)/b7-6+/t24-,25+/m0/s1. The Kier molecular flexibility index (Phi) is 15.4. The van der Waals surface area contributed by atoms with Gasteiger partial charge in [0.05, 0.1) is 12.3 Å². The lowest BCUT2D eigenvalue weighted by Crippen LogP contribution is -2.30. The van der Waals surface area contributed by atoms with Gasteiger partial charge >= 0.3 is 0 Å². The van der Waals surface area contributed by atoms with Crippen molar-refractivity contribution in [1.29, 1.82) is 0 Å². The van der Waals surface area contributed by atoms with Crippen LogP contribution in [0.1, 0.15) is 75.2 Å². The second-order valence-electron chi connectivity index (χ2n) is 9.98. The van der Waals surface area contributed by atoms with E-state index < -0.39 is 5.91 Å². The molecule has 38 heavy (non-hydrogen) atoms. The highest BCUT2D eigenvalue weighted by Gasteiger charge is 2.18. The zero-order chi connectivity index (χ0) is 27.8. The number of nitrogens with two attached hydrogens (primary N) is 1. The van der Waals surface area contributed by atoms with Crippen LogP contribution >= 0.6 is 23.6 Å². The van der Waals surface area contributed by atoms with Crippen LogP contribution in [0.2, 0.25) is 5.02 Å². The van der Waals surface area contributed by atoms with E-state index >= 15 is 0 Å². The third kappa shape index (κ3) is 11.7. The number of halogens is 1.